The van der Waals surface area contributed by atoms with E-state index in [1.54, 1.807) is 39.1 Å². The fraction of sp³-hybridized carbons (Fsp3) is 0.464. The van der Waals surface area contributed by atoms with E-state index in [0.717, 1.165) is 12.1 Å². The number of aromatic hydroxyl groups is 1. The zero-order chi connectivity index (χ0) is 30.4. The van der Waals surface area contributed by atoms with Crippen molar-refractivity contribution in [2.45, 2.75) is 60.4 Å². The van der Waals surface area contributed by atoms with Gasteiger partial charge in [-0.15, -0.1) is 0 Å². The molecule has 40 heavy (non-hydrogen) atoms. The fourth-order valence-corrected chi connectivity index (χ4v) is 3.83. The number of pyridine rings is 1. The number of carbonyl (C=O) groups is 3. The van der Waals surface area contributed by atoms with Crippen molar-refractivity contribution < 1.29 is 24.2 Å². The SMILES string of the molecule is CC.CC(=O)c1cc(NC2=NCCN2)c(=O)n(C)c1.CCOC(=O)CC(NC(=O)CC)c1cc(C)cc(Cl)c1O. The standard InChI is InChI=1S/C15H20ClNO4.C11H14N4O2.C2H6/c1-4-13(18)17-12(8-14(19)21-5-2)10-6-9(3)7-11(16)15(10)20;1-7(16)8-5-9(10(17)15(2)6-8)14-11-12-3-4-13-11;1-2/h6-7,12,20H,4-5,8H2,1-3H3,(H,17,18);5-6H,3-4H2,1-2H3,(H2,12,13,14);1-2H3. The second-order valence-corrected chi connectivity index (χ2v) is 8.97. The summed E-state index contributed by atoms with van der Waals surface area (Å²) in [7, 11) is 1.61. The van der Waals surface area contributed by atoms with Gasteiger partial charge in [-0.2, -0.15) is 0 Å². The van der Waals surface area contributed by atoms with Gasteiger partial charge in [0.2, 0.25) is 5.91 Å². The van der Waals surface area contributed by atoms with E-state index < -0.39 is 12.0 Å². The number of aliphatic imine (C=N–C) groups is 1. The van der Waals surface area contributed by atoms with E-state index in [1.165, 1.54) is 17.7 Å². The van der Waals surface area contributed by atoms with Crippen molar-refractivity contribution in [1.82, 2.24) is 15.2 Å². The van der Waals surface area contributed by atoms with Crippen LogP contribution < -0.4 is 21.5 Å². The Morgan fingerprint density at radius 1 is 1.23 bits per heavy atom. The summed E-state index contributed by atoms with van der Waals surface area (Å²) in [4.78, 5) is 50.6. The Morgan fingerprint density at radius 2 is 1.90 bits per heavy atom. The first-order valence-electron chi connectivity index (χ1n) is 13.2. The van der Waals surface area contributed by atoms with Crippen LogP contribution in [0.3, 0.4) is 0 Å². The number of Topliss-reactive ketones (excluding diaryl/α,β-unsaturated/α-hetero) is 1. The number of ketones is 1. The molecule has 11 nitrogen and oxygen atoms in total. The van der Waals surface area contributed by atoms with Crippen LogP contribution in [-0.4, -0.2) is 53.0 Å². The molecule has 1 aromatic heterocycles. The number of halogens is 1. The molecule has 4 N–H and O–H groups in total. The van der Waals surface area contributed by atoms with Gasteiger partial charge < -0.3 is 30.4 Å². The number of hydrogen-bond donors (Lipinski definition) is 4. The molecule has 2 heterocycles. The van der Waals surface area contributed by atoms with E-state index in [2.05, 4.69) is 20.9 Å². The van der Waals surface area contributed by atoms with Crippen molar-refractivity contribution >= 4 is 40.9 Å². The number of amides is 1. The van der Waals surface area contributed by atoms with E-state index in [-0.39, 0.29) is 47.5 Å². The highest BCUT2D eigenvalue weighted by Crippen LogP contribution is 2.34. The molecule has 1 aliphatic heterocycles. The van der Waals surface area contributed by atoms with Crippen LogP contribution >= 0.6 is 11.6 Å². The van der Waals surface area contributed by atoms with Gasteiger partial charge in [-0.05, 0) is 38.5 Å². The Kier molecular flexibility index (Phi) is 14.5. The van der Waals surface area contributed by atoms with Gasteiger partial charge in [0.25, 0.3) is 5.56 Å². The molecule has 2 aromatic rings. The molecule has 1 amide bonds. The number of benzene rings is 1. The summed E-state index contributed by atoms with van der Waals surface area (Å²) in [6.07, 6.45) is 1.74. The first-order valence-corrected chi connectivity index (χ1v) is 13.5. The highest BCUT2D eigenvalue weighted by Gasteiger charge is 2.23. The molecule has 0 aliphatic carbocycles. The molecular weight excluding hydrogens is 538 g/mol. The second-order valence-electron chi connectivity index (χ2n) is 8.56. The fourth-order valence-electron chi connectivity index (χ4n) is 3.55. The number of phenols is 1. The molecule has 220 valence electrons. The Labute approximate surface area is 240 Å². The molecule has 1 aromatic carbocycles. The van der Waals surface area contributed by atoms with E-state index in [1.807, 2.05) is 20.8 Å². The Balaban J connectivity index is 0.000000383. The summed E-state index contributed by atoms with van der Waals surface area (Å²) in [5, 5.41) is 18.9. The van der Waals surface area contributed by atoms with Crippen LogP contribution in [0.5, 0.6) is 5.75 Å². The van der Waals surface area contributed by atoms with E-state index in [9.17, 15) is 24.3 Å². The predicted molar refractivity (Wildman–Crippen MR) is 157 cm³/mol. The molecule has 1 unspecified atom stereocenters. The Hall–Kier alpha value is -3.86. The number of esters is 1. The average Bonchev–Trinajstić information content (AvgIpc) is 3.43. The van der Waals surface area contributed by atoms with Crippen LogP contribution in [-0.2, 0) is 21.4 Å². The maximum Gasteiger partial charge on any atom is 0.308 e. The van der Waals surface area contributed by atoms with Gasteiger partial charge in [-0.1, -0.05) is 38.4 Å². The summed E-state index contributed by atoms with van der Waals surface area (Å²) in [6, 6.07) is 4.19. The lowest BCUT2D eigenvalue weighted by Gasteiger charge is -2.20. The lowest BCUT2D eigenvalue weighted by atomic mass is 10.00. The van der Waals surface area contributed by atoms with Gasteiger partial charge in [0.05, 0.1) is 30.6 Å². The predicted octanol–water partition coefficient (Wildman–Crippen LogP) is 3.86. The van der Waals surface area contributed by atoms with Crippen LogP contribution in [0.1, 0.15) is 75.0 Å². The molecule has 0 bridgehead atoms. The molecule has 0 spiro atoms. The van der Waals surface area contributed by atoms with E-state index in [0.29, 0.717) is 29.3 Å². The van der Waals surface area contributed by atoms with Crippen molar-refractivity contribution in [3.8, 4) is 5.75 Å². The Morgan fingerprint density at radius 3 is 2.45 bits per heavy atom. The zero-order valence-corrected chi connectivity index (χ0v) is 24.9. The quantitative estimate of drug-likeness (QED) is 0.273. The Bertz CT molecular complexity index is 1270. The average molecular weight is 578 g/mol. The number of carbonyl (C=O) groups excluding carboxylic acids is 3. The smallest absolute Gasteiger partial charge is 0.308 e. The number of hydrogen-bond acceptors (Lipinski definition) is 9. The number of guanidine groups is 1. The van der Waals surface area contributed by atoms with Crippen molar-refractivity contribution in [3.05, 3.63) is 56.5 Å². The minimum Gasteiger partial charge on any atom is -0.506 e. The van der Waals surface area contributed by atoms with E-state index in [4.69, 9.17) is 16.3 Å². The van der Waals surface area contributed by atoms with Crippen LogP contribution in [0.2, 0.25) is 5.02 Å². The first kappa shape index (κ1) is 34.2. The summed E-state index contributed by atoms with van der Waals surface area (Å²) in [5.74, 6) is -0.307. The highest BCUT2D eigenvalue weighted by molar-refractivity contribution is 6.32. The first-order chi connectivity index (χ1) is 19.0. The molecule has 0 fully saturated rings. The van der Waals surface area contributed by atoms with Crippen molar-refractivity contribution in [3.63, 3.8) is 0 Å². The number of aromatic nitrogens is 1. The zero-order valence-electron chi connectivity index (χ0n) is 24.2. The topological polar surface area (TPSA) is 151 Å². The maximum absolute atomic E-state index is 11.8. The molecule has 1 atom stereocenters. The van der Waals surface area contributed by atoms with Crippen molar-refractivity contribution in [1.29, 1.82) is 0 Å². The van der Waals surface area contributed by atoms with Gasteiger partial charge in [0, 0.05) is 37.3 Å². The van der Waals surface area contributed by atoms with Gasteiger partial charge >= 0.3 is 5.97 Å². The van der Waals surface area contributed by atoms with Crippen LogP contribution in [0.15, 0.2) is 34.2 Å². The summed E-state index contributed by atoms with van der Waals surface area (Å²) in [6.45, 7) is 12.4. The van der Waals surface area contributed by atoms with Crippen LogP contribution in [0.25, 0.3) is 0 Å². The molecule has 0 saturated heterocycles. The lowest BCUT2D eigenvalue weighted by molar-refractivity contribution is -0.143. The minimum absolute atomic E-state index is 0.0626. The molecule has 12 heteroatoms. The van der Waals surface area contributed by atoms with Gasteiger partial charge in [0.15, 0.2) is 11.7 Å². The highest BCUT2D eigenvalue weighted by atomic mass is 35.5. The number of nitrogens with one attached hydrogen (secondary N) is 3. The second kappa shape index (κ2) is 17.0. The van der Waals surface area contributed by atoms with Gasteiger partial charge in [-0.25, -0.2) is 0 Å². The number of ether oxygens (including phenoxy) is 1. The monoisotopic (exact) mass is 577 g/mol. The third-order valence-corrected chi connectivity index (χ3v) is 5.75. The van der Waals surface area contributed by atoms with Crippen LogP contribution in [0, 0.1) is 6.92 Å². The number of rotatable bonds is 8. The molecule has 0 radical (unpaired) electrons. The molecule has 1 aliphatic rings. The normalized spacial score (nSPS) is 12.3. The molecule has 3 rings (SSSR count). The number of anilines is 1. The summed E-state index contributed by atoms with van der Waals surface area (Å²) >= 11 is 5.95. The van der Waals surface area contributed by atoms with Gasteiger partial charge in [-0.3, -0.25) is 24.2 Å². The van der Waals surface area contributed by atoms with E-state index >= 15 is 0 Å². The number of phenolic OH excluding ortho intramolecular Hbond substituents is 1. The maximum atomic E-state index is 11.8. The summed E-state index contributed by atoms with van der Waals surface area (Å²) in [5.41, 5.74) is 1.90. The third-order valence-electron chi connectivity index (χ3n) is 5.46. The third kappa shape index (κ3) is 10.4. The molecule has 0 saturated carbocycles. The number of nitrogens with zero attached hydrogens (tertiary/aromatic N) is 2. The minimum atomic E-state index is -0.672. The number of aryl methyl sites for hydroxylation is 2. The van der Waals surface area contributed by atoms with Crippen molar-refractivity contribution in [2.24, 2.45) is 12.0 Å². The summed E-state index contributed by atoms with van der Waals surface area (Å²) < 4.78 is 6.29. The lowest BCUT2D eigenvalue weighted by Crippen LogP contribution is -2.31. The largest absolute Gasteiger partial charge is 0.506 e. The van der Waals surface area contributed by atoms with Crippen LogP contribution in [0.4, 0.5) is 5.69 Å². The molecular formula is C28H40ClN5O6. The van der Waals surface area contributed by atoms with Gasteiger partial charge in [0.1, 0.15) is 11.4 Å². The van der Waals surface area contributed by atoms with Crippen molar-refractivity contribution in [2.75, 3.05) is 25.0 Å².